The molecular formula is C22H21N3O7S. The molecule has 0 spiro atoms. The summed E-state index contributed by atoms with van der Waals surface area (Å²) in [7, 11) is -3.40. The lowest BCUT2D eigenvalue weighted by Gasteiger charge is -2.22. The number of carbonyl (C=O) groups is 3. The average molecular weight is 471 g/mol. The first-order valence-corrected chi connectivity index (χ1v) is 12.1. The molecule has 3 aliphatic rings. The van der Waals surface area contributed by atoms with E-state index in [-0.39, 0.29) is 6.79 Å². The van der Waals surface area contributed by atoms with Crippen molar-refractivity contribution in [1.82, 2.24) is 10.2 Å². The molecule has 2 aromatic rings. The fourth-order valence-electron chi connectivity index (χ4n) is 4.37. The van der Waals surface area contributed by atoms with Gasteiger partial charge in [0, 0.05) is 12.1 Å². The number of benzene rings is 2. The van der Waals surface area contributed by atoms with E-state index in [1.807, 2.05) is 0 Å². The Bertz CT molecular complexity index is 1320. The van der Waals surface area contributed by atoms with E-state index in [2.05, 4.69) is 5.32 Å². The van der Waals surface area contributed by atoms with Crippen molar-refractivity contribution in [1.29, 1.82) is 0 Å². The van der Waals surface area contributed by atoms with Gasteiger partial charge in [-0.05, 0) is 54.8 Å². The lowest BCUT2D eigenvalue weighted by atomic mass is 9.91. The Kier molecular flexibility index (Phi) is 4.64. The van der Waals surface area contributed by atoms with Crippen molar-refractivity contribution in [3.63, 3.8) is 0 Å². The van der Waals surface area contributed by atoms with Crippen LogP contribution >= 0.6 is 0 Å². The first kappa shape index (κ1) is 21.3. The number of hydrogen-bond acceptors (Lipinski definition) is 7. The summed E-state index contributed by atoms with van der Waals surface area (Å²) in [6, 6.07) is 9.03. The smallest absolute Gasteiger partial charge is 0.325 e. The molecule has 33 heavy (non-hydrogen) atoms. The zero-order chi connectivity index (χ0) is 23.5. The fourth-order valence-corrected chi connectivity index (χ4v) is 5.33. The summed E-state index contributed by atoms with van der Waals surface area (Å²) in [6.45, 7) is 1.54. The molecular weight excluding hydrogens is 450 g/mol. The minimum absolute atomic E-state index is 0.0825. The molecule has 0 unspecified atom stereocenters. The molecule has 0 radical (unpaired) electrons. The first-order valence-electron chi connectivity index (χ1n) is 10.3. The van der Waals surface area contributed by atoms with Gasteiger partial charge >= 0.3 is 6.03 Å². The number of urea groups is 1. The second-order valence-electron chi connectivity index (χ2n) is 8.37. The van der Waals surface area contributed by atoms with E-state index in [1.54, 1.807) is 37.3 Å². The number of sulfonamides is 1. The largest absolute Gasteiger partial charge is 0.454 e. The highest BCUT2D eigenvalue weighted by molar-refractivity contribution is 7.92. The molecule has 5 rings (SSSR count). The third kappa shape index (κ3) is 3.39. The number of ketones is 1. The summed E-state index contributed by atoms with van der Waals surface area (Å²) in [5.41, 5.74) is 0.736. The van der Waals surface area contributed by atoms with Crippen LogP contribution in [0.3, 0.4) is 0 Å². The van der Waals surface area contributed by atoms with Gasteiger partial charge in [0.2, 0.25) is 16.8 Å². The Labute approximate surface area is 190 Å². The van der Waals surface area contributed by atoms with Crippen molar-refractivity contribution >= 4 is 33.4 Å². The molecule has 1 saturated heterocycles. The maximum atomic E-state index is 13.2. The van der Waals surface area contributed by atoms with Crippen molar-refractivity contribution in [3.8, 4) is 11.5 Å². The molecule has 1 fully saturated rings. The molecule has 3 heterocycles. The summed E-state index contributed by atoms with van der Waals surface area (Å²) >= 11 is 0. The predicted octanol–water partition coefficient (Wildman–Crippen LogP) is 1.39. The van der Waals surface area contributed by atoms with E-state index in [0.29, 0.717) is 41.3 Å². The van der Waals surface area contributed by atoms with Gasteiger partial charge in [-0.1, -0.05) is 6.07 Å². The van der Waals surface area contributed by atoms with Crippen LogP contribution in [0.4, 0.5) is 10.5 Å². The van der Waals surface area contributed by atoms with Crippen LogP contribution in [0.25, 0.3) is 0 Å². The van der Waals surface area contributed by atoms with Gasteiger partial charge in [-0.3, -0.25) is 18.8 Å². The summed E-state index contributed by atoms with van der Waals surface area (Å²) in [5, 5.41) is 2.67. The van der Waals surface area contributed by atoms with Crippen molar-refractivity contribution in [2.75, 3.05) is 30.4 Å². The van der Waals surface area contributed by atoms with Gasteiger partial charge in [-0.25, -0.2) is 13.2 Å². The van der Waals surface area contributed by atoms with Gasteiger partial charge in [0.1, 0.15) is 5.54 Å². The van der Waals surface area contributed by atoms with Gasteiger partial charge in [0.05, 0.1) is 18.5 Å². The summed E-state index contributed by atoms with van der Waals surface area (Å²) < 4.78 is 35.8. The zero-order valence-corrected chi connectivity index (χ0v) is 18.8. The zero-order valence-electron chi connectivity index (χ0n) is 18.0. The van der Waals surface area contributed by atoms with Gasteiger partial charge < -0.3 is 14.8 Å². The van der Waals surface area contributed by atoms with Crippen molar-refractivity contribution in [3.05, 3.63) is 53.1 Å². The first-order chi connectivity index (χ1) is 15.6. The molecule has 1 N–H and O–H groups in total. The second kappa shape index (κ2) is 7.20. The van der Waals surface area contributed by atoms with E-state index in [4.69, 9.17) is 9.47 Å². The highest BCUT2D eigenvalue weighted by Gasteiger charge is 2.50. The lowest BCUT2D eigenvalue weighted by molar-refractivity contribution is -0.130. The van der Waals surface area contributed by atoms with E-state index in [9.17, 15) is 22.8 Å². The number of imide groups is 1. The van der Waals surface area contributed by atoms with Crippen LogP contribution in [0.1, 0.15) is 28.4 Å². The number of carbonyl (C=O) groups excluding carboxylic acids is 3. The fraction of sp³-hybridized carbons (Fsp3) is 0.318. The molecule has 0 saturated carbocycles. The Morgan fingerprint density at radius 2 is 1.88 bits per heavy atom. The third-order valence-electron chi connectivity index (χ3n) is 6.18. The predicted molar refractivity (Wildman–Crippen MR) is 117 cm³/mol. The number of rotatable bonds is 5. The van der Waals surface area contributed by atoms with Crippen molar-refractivity contribution < 1.29 is 32.3 Å². The molecule has 11 heteroatoms. The summed E-state index contributed by atoms with van der Waals surface area (Å²) in [6.07, 6.45) is 1.62. The van der Waals surface area contributed by atoms with Crippen LogP contribution in [-0.4, -0.2) is 57.2 Å². The topological polar surface area (TPSA) is 122 Å². The van der Waals surface area contributed by atoms with Crippen molar-refractivity contribution in [2.24, 2.45) is 0 Å². The number of nitrogens with zero attached hydrogens (tertiary/aromatic N) is 2. The van der Waals surface area contributed by atoms with Crippen LogP contribution < -0.4 is 19.1 Å². The molecule has 10 nitrogen and oxygen atoms in total. The maximum Gasteiger partial charge on any atom is 0.325 e. The van der Waals surface area contributed by atoms with E-state index in [1.165, 1.54) is 10.4 Å². The van der Waals surface area contributed by atoms with Crippen LogP contribution in [0.2, 0.25) is 0 Å². The third-order valence-corrected chi connectivity index (χ3v) is 7.36. The Morgan fingerprint density at radius 1 is 1.12 bits per heavy atom. The SMILES string of the molecule is C[C@]1(c2ccc3c(c2)OCO3)NC(=O)N(CC(=O)c2ccc3c(c2)CCN3S(C)(=O)=O)C1=O. The molecule has 0 aromatic heterocycles. The van der Waals surface area contributed by atoms with Gasteiger partial charge in [-0.2, -0.15) is 0 Å². The van der Waals surface area contributed by atoms with Crippen LogP contribution in [-0.2, 0) is 26.8 Å². The standard InChI is InChI=1S/C22H21N3O7S/c1-22(15-4-6-18-19(10-15)32-12-31-18)20(27)24(21(28)23-22)11-17(26)14-3-5-16-13(9-14)7-8-25(16)33(2,29)30/h3-6,9-10H,7-8,11-12H2,1-2H3,(H,23,28)/t22-/m1/s1. The number of nitrogens with one attached hydrogen (secondary N) is 1. The van der Waals surface area contributed by atoms with E-state index >= 15 is 0 Å². The van der Waals surface area contributed by atoms with E-state index < -0.39 is 39.8 Å². The monoisotopic (exact) mass is 471 g/mol. The normalized spacial score (nSPS) is 21.4. The number of amides is 3. The molecule has 0 bridgehead atoms. The molecule has 0 aliphatic carbocycles. The number of anilines is 1. The van der Waals surface area contributed by atoms with Crippen LogP contribution in [0.15, 0.2) is 36.4 Å². The second-order valence-corrected chi connectivity index (χ2v) is 10.3. The Morgan fingerprint density at radius 3 is 2.64 bits per heavy atom. The van der Waals surface area contributed by atoms with Gasteiger partial charge in [0.15, 0.2) is 17.3 Å². The quantitative estimate of drug-likeness (QED) is 0.516. The molecule has 1 atom stereocenters. The molecule has 2 aromatic carbocycles. The van der Waals surface area contributed by atoms with Crippen LogP contribution in [0, 0.1) is 0 Å². The summed E-state index contributed by atoms with van der Waals surface area (Å²) in [5.74, 6) is 0.0574. The highest BCUT2D eigenvalue weighted by atomic mass is 32.2. The number of hydrogen-bond donors (Lipinski definition) is 1. The molecule has 3 amide bonds. The lowest BCUT2D eigenvalue weighted by Crippen LogP contribution is -2.41. The summed E-state index contributed by atoms with van der Waals surface area (Å²) in [4.78, 5) is 39.6. The van der Waals surface area contributed by atoms with Gasteiger partial charge in [0.25, 0.3) is 5.91 Å². The highest BCUT2D eigenvalue weighted by Crippen LogP contribution is 2.38. The van der Waals surface area contributed by atoms with Crippen molar-refractivity contribution in [2.45, 2.75) is 18.9 Å². The minimum atomic E-state index is -3.40. The van der Waals surface area contributed by atoms with Gasteiger partial charge in [-0.15, -0.1) is 0 Å². The number of fused-ring (bicyclic) bond motifs is 2. The average Bonchev–Trinajstić information content (AvgIpc) is 3.46. The maximum absolute atomic E-state index is 13.2. The number of Topliss-reactive ketones (excluding diaryl/α,β-unsaturated/α-hetero) is 1. The van der Waals surface area contributed by atoms with Crippen LogP contribution in [0.5, 0.6) is 11.5 Å². The molecule has 3 aliphatic heterocycles. The van der Waals surface area contributed by atoms with E-state index in [0.717, 1.165) is 16.7 Å². The Hall–Kier alpha value is -3.60. The number of ether oxygens (including phenoxy) is 2. The Balaban J connectivity index is 1.36. The minimum Gasteiger partial charge on any atom is -0.454 e. The molecule has 172 valence electrons.